The highest BCUT2D eigenvalue weighted by Crippen LogP contribution is 2.19. The van der Waals surface area contributed by atoms with Crippen LogP contribution >= 0.6 is 11.3 Å². The Kier molecular flexibility index (Phi) is 3.68. The standard InChI is InChI=1S/C15H10N4O2S/c16-9-13-14(8-12-2-1-7-22-12)19(18-17-13)11-5-3-10(4-6-11)15(20)21/h1-7H,8H2,(H,20,21). The van der Waals surface area contributed by atoms with Crippen LogP contribution in [0.1, 0.15) is 26.6 Å². The SMILES string of the molecule is N#Cc1nnn(-c2ccc(C(=O)O)cc2)c1Cc1cccs1. The third-order valence-corrected chi connectivity index (χ3v) is 4.03. The van der Waals surface area contributed by atoms with E-state index in [0.29, 0.717) is 17.8 Å². The summed E-state index contributed by atoms with van der Waals surface area (Å²) in [6, 6.07) is 12.3. The number of carboxylic acids is 1. The van der Waals surface area contributed by atoms with E-state index in [1.54, 1.807) is 28.2 Å². The Morgan fingerprint density at radius 1 is 1.32 bits per heavy atom. The molecule has 0 spiro atoms. The third-order valence-electron chi connectivity index (χ3n) is 3.15. The number of aromatic nitrogens is 3. The first kappa shape index (κ1) is 14.0. The van der Waals surface area contributed by atoms with Gasteiger partial charge >= 0.3 is 5.97 Å². The molecule has 0 aliphatic rings. The van der Waals surface area contributed by atoms with E-state index in [1.807, 2.05) is 23.6 Å². The molecule has 2 heterocycles. The van der Waals surface area contributed by atoms with Gasteiger partial charge in [-0.1, -0.05) is 11.3 Å². The lowest BCUT2D eigenvalue weighted by Gasteiger charge is -2.06. The zero-order chi connectivity index (χ0) is 15.5. The fourth-order valence-corrected chi connectivity index (χ4v) is 2.79. The van der Waals surface area contributed by atoms with Crippen LogP contribution < -0.4 is 0 Å². The van der Waals surface area contributed by atoms with Crippen molar-refractivity contribution in [3.05, 3.63) is 63.6 Å². The molecule has 1 aromatic carbocycles. The molecule has 0 fully saturated rings. The number of benzene rings is 1. The normalized spacial score (nSPS) is 10.3. The quantitative estimate of drug-likeness (QED) is 0.799. The highest BCUT2D eigenvalue weighted by atomic mass is 32.1. The van der Waals surface area contributed by atoms with Gasteiger partial charge in [0.15, 0.2) is 5.69 Å². The zero-order valence-corrected chi connectivity index (χ0v) is 12.1. The number of hydrogen-bond donors (Lipinski definition) is 1. The van der Waals surface area contributed by atoms with Crippen LogP contribution in [0.25, 0.3) is 5.69 Å². The average molecular weight is 310 g/mol. The number of nitriles is 1. The van der Waals surface area contributed by atoms with E-state index >= 15 is 0 Å². The van der Waals surface area contributed by atoms with Crippen LogP contribution in [-0.2, 0) is 6.42 Å². The number of rotatable bonds is 4. The fourth-order valence-electron chi connectivity index (χ4n) is 2.08. The summed E-state index contributed by atoms with van der Waals surface area (Å²) >= 11 is 1.59. The predicted molar refractivity (Wildman–Crippen MR) is 80.2 cm³/mol. The molecule has 0 amide bonds. The minimum Gasteiger partial charge on any atom is -0.478 e. The summed E-state index contributed by atoms with van der Waals surface area (Å²) in [5.74, 6) is -0.985. The summed E-state index contributed by atoms with van der Waals surface area (Å²) in [6.45, 7) is 0. The van der Waals surface area contributed by atoms with E-state index in [0.717, 1.165) is 4.88 Å². The molecule has 0 saturated carbocycles. The largest absolute Gasteiger partial charge is 0.478 e. The van der Waals surface area contributed by atoms with E-state index < -0.39 is 5.97 Å². The molecule has 6 nitrogen and oxygen atoms in total. The molecule has 22 heavy (non-hydrogen) atoms. The van der Waals surface area contributed by atoms with Gasteiger partial charge < -0.3 is 5.11 Å². The van der Waals surface area contributed by atoms with E-state index in [9.17, 15) is 10.1 Å². The molecule has 0 radical (unpaired) electrons. The van der Waals surface area contributed by atoms with Crippen LogP contribution in [0.15, 0.2) is 41.8 Å². The number of aromatic carboxylic acids is 1. The molecule has 2 aromatic heterocycles. The molecule has 3 rings (SSSR count). The van der Waals surface area contributed by atoms with Crippen LogP contribution in [0.5, 0.6) is 0 Å². The summed E-state index contributed by atoms with van der Waals surface area (Å²) in [5, 5.41) is 28.0. The van der Waals surface area contributed by atoms with Crippen molar-refractivity contribution in [2.75, 3.05) is 0 Å². The predicted octanol–water partition coefficient (Wildman–Crippen LogP) is 2.49. The molecule has 0 aliphatic carbocycles. The Morgan fingerprint density at radius 3 is 2.68 bits per heavy atom. The molecule has 7 heteroatoms. The van der Waals surface area contributed by atoms with E-state index in [-0.39, 0.29) is 11.3 Å². The zero-order valence-electron chi connectivity index (χ0n) is 11.3. The van der Waals surface area contributed by atoms with Gasteiger partial charge in [0.05, 0.1) is 16.9 Å². The topological polar surface area (TPSA) is 91.8 Å². The molecule has 3 aromatic rings. The van der Waals surface area contributed by atoms with Crippen molar-refractivity contribution in [3.63, 3.8) is 0 Å². The van der Waals surface area contributed by atoms with Crippen molar-refractivity contribution in [3.8, 4) is 11.8 Å². The van der Waals surface area contributed by atoms with Crippen molar-refractivity contribution in [1.29, 1.82) is 5.26 Å². The van der Waals surface area contributed by atoms with Crippen LogP contribution in [0.2, 0.25) is 0 Å². The van der Waals surface area contributed by atoms with Gasteiger partial charge in [-0.3, -0.25) is 0 Å². The van der Waals surface area contributed by atoms with Gasteiger partial charge in [0.2, 0.25) is 0 Å². The van der Waals surface area contributed by atoms with Crippen LogP contribution in [0.4, 0.5) is 0 Å². The van der Waals surface area contributed by atoms with E-state index in [1.165, 1.54) is 12.1 Å². The number of hydrogen-bond acceptors (Lipinski definition) is 5. The van der Waals surface area contributed by atoms with Gasteiger partial charge in [0, 0.05) is 11.3 Å². The molecule has 0 unspecified atom stereocenters. The summed E-state index contributed by atoms with van der Waals surface area (Å²) < 4.78 is 1.57. The second-order valence-electron chi connectivity index (χ2n) is 4.52. The Hall–Kier alpha value is -2.98. The second-order valence-corrected chi connectivity index (χ2v) is 5.55. The molecule has 108 valence electrons. The van der Waals surface area contributed by atoms with Crippen molar-refractivity contribution in [1.82, 2.24) is 15.0 Å². The number of nitrogens with zero attached hydrogens (tertiary/aromatic N) is 4. The molecule has 0 aliphatic heterocycles. The van der Waals surface area contributed by atoms with Gasteiger partial charge in [-0.15, -0.1) is 16.4 Å². The van der Waals surface area contributed by atoms with Gasteiger partial charge in [-0.25, -0.2) is 9.48 Å². The van der Waals surface area contributed by atoms with Gasteiger partial charge in [0.1, 0.15) is 6.07 Å². The number of carboxylic acid groups (broad SMARTS) is 1. The van der Waals surface area contributed by atoms with Gasteiger partial charge in [0.25, 0.3) is 0 Å². The lowest BCUT2D eigenvalue weighted by Crippen LogP contribution is -2.04. The summed E-state index contributed by atoms with van der Waals surface area (Å²) in [7, 11) is 0. The number of carbonyl (C=O) groups is 1. The van der Waals surface area contributed by atoms with Gasteiger partial charge in [-0.2, -0.15) is 5.26 Å². The Balaban J connectivity index is 2.02. The van der Waals surface area contributed by atoms with E-state index in [4.69, 9.17) is 5.11 Å². The molecule has 1 N–H and O–H groups in total. The van der Waals surface area contributed by atoms with E-state index in [2.05, 4.69) is 10.3 Å². The minimum atomic E-state index is -0.985. The monoisotopic (exact) mass is 310 g/mol. The first-order chi connectivity index (χ1) is 10.7. The third kappa shape index (κ3) is 2.60. The highest BCUT2D eigenvalue weighted by molar-refractivity contribution is 7.09. The maximum atomic E-state index is 10.9. The van der Waals surface area contributed by atoms with Crippen molar-refractivity contribution in [2.24, 2.45) is 0 Å². The maximum Gasteiger partial charge on any atom is 0.335 e. The Morgan fingerprint density at radius 2 is 2.09 bits per heavy atom. The second kappa shape index (κ2) is 5.79. The van der Waals surface area contributed by atoms with Crippen molar-refractivity contribution < 1.29 is 9.90 Å². The molecule has 0 atom stereocenters. The fraction of sp³-hybridized carbons (Fsp3) is 0.0667. The lowest BCUT2D eigenvalue weighted by molar-refractivity contribution is 0.0697. The molecule has 0 bridgehead atoms. The van der Waals surface area contributed by atoms with Crippen molar-refractivity contribution in [2.45, 2.75) is 6.42 Å². The Labute approximate surface area is 129 Å². The minimum absolute atomic E-state index is 0.198. The molecular weight excluding hydrogens is 300 g/mol. The van der Waals surface area contributed by atoms with Crippen LogP contribution in [0, 0.1) is 11.3 Å². The smallest absolute Gasteiger partial charge is 0.335 e. The van der Waals surface area contributed by atoms with Crippen LogP contribution in [-0.4, -0.2) is 26.1 Å². The Bertz CT molecular complexity index is 845. The summed E-state index contributed by atoms with van der Waals surface area (Å²) in [6.07, 6.45) is 0.550. The summed E-state index contributed by atoms with van der Waals surface area (Å²) in [5.41, 5.74) is 1.83. The average Bonchev–Trinajstić information content (AvgIpc) is 3.17. The first-order valence-electron chi connectivity index (χ1n) is 6.40. The highest BCUT2D eigenvalue weighted by Gasteiger charge is 2.15. The van der Waals surface area contributed by atoms with Crippen LogP contribution in [0.3, 0.4) is 0 Å². The van der Waals surface area contributed by atoms with Gasteiger partial charge in [-0.05, 0) is 35.7 Å². The lowest BCUT2D eigenvalue weighted by atomic mass is 10.2. The number of thiophene rings is 1. The maximum absolute atomic E-state index is 10.9. The molecular formula is C15H10N4O2S. The first-order valence-corrected chi connectivity index (χ1v) is 7.28. The molecule has 0 saturated heterocycles. The van der Waals surface area contributed by atoms with Crippen molar-refractivity contribution >= 4 is 17.3 Å². The summed E-state index contributed by atoms with van der Waals surface area (Å²) in [4.78, 5) is 12.0.